The van der Waals surface area contributed by atoms with Gasteiger partial charge in [0.05, 0.1) is 4.47 Å². The van der Waals surface area contributed by atoms with E-state index in [4.69, 9.17) is 17.3 Å². The zero-order valence-electron chi connectivity index (χ0n) is 9.90. The fraction of sp³-hybridized carbons (Fsp3) is 0.154. The lowest BCUT2D eigenvalue weighted by molar-refractivity contribution is 0.894. The number of hydrogen-bond acceptors (Lipinski definition) is 3. The van der Waals surface area contributed by atoms with Crippen LogP contribution in [-0.4, -0.2) is 12.0 Å². The van der Waals surface area contributed by atoms with Crippen LogP contribution < -0.4 is 10.6 Å². The highest BCUT2D eigenvalue weighted by Gasteiger charge is 2.09. The monoisotopic (exact) mass is 325 g/mol. The SMILES string of the molecule is CN(Cc1cc(N)ccc1Cl)c1ncccc1Br. The molecule has 0 unspecified atom stereocenters. The maximum absolute atomic E-state index is 6.15. The lowest BCUT2D eigenvalue weighted by atomic mass is 10.2. The van der Waals surface area contributed by atoms with Crippen molar-refractivity contribution in [2.45, 2.75) is 6.54 Å². The maximum Gasteiger partial charge on any atom is 0.142 e. The molecule has 0 fully saturated rings. The van der Waals surface area contributed by atoms with Crippen LogP contribution in [0, 0.1) is 0 Å². The summed E-state index contributed by atoms with van der Waals surface area (Å²) in [7, 11) is 1.96. The zero-order valence-corrected chi connectivity index (χ0v) is 12.2. The van der Waals surface area contributed by atoms with E-state index in [9.17, 15) is 0 Å². The summed E-state index contributed by atoms with van der Waals surface area (Å²) in [4.78, 5) is 6.35. The Morgan fingerprint density at radius 3 is 2.89 bits per heavy atom. The summed E-state index contributed by atoms with van der Waals surface area (Å²) < 4.78 is 0.951. The average Bonchev–Trinajstić information content (AvgIpc) is 2.34. The number of benzene rings is 1. The average molecular weight is 327 g/mol. The molecule has 18 heavy (non-hydrogen) atoms. The number of nitrogens with zero attached hydrogens (tertiary/aromatic N) is 2. The van der Waals surface area contributed by atoms with E-state index in [1.165, 1.54) is 0 Å². The molecule has 0 saturated carbocycles. The molecule has 0 aliphatic carbocycles. The van der Waals surface area contributed by atoms with Gasteiger partial charge in [0.2, 0.25) is 0 Å². The van der Waals surface area contributed by atoms with Crippen LogP contribution in [0.3, 0.4) is 0 Å². The number of pyridine rings is 1. The molecule has 0 radical (unpaired) electrons. The molecule has 5 heteroatoms. The molecule has 3 nitrogen and oxygen atoms in total. The van der Waals surface area contributed by atoms with Crippen molar-refractivity contribution < 1.29 is 0 Å². The topological polar surface area (TPSA) is 42.1 Å². The van der Waals surface area contributed by atoms with E-state index in [0.29, 0.717) is 17.3 Å². The first-order valence-corrected chi connectivity index (χ1v) is 6.60. The predicted octanol–water partition coefficient (Wildman–Crippen LogP) is 3.72. The molecule has 1 aromatic heterocycles. The van der Waals surface area contributed by atoms with E-state index in [-0.39, 0.29) is 0 Å². The van der Waals surface area contributed by atoms with Crippen molar-refractivity contribution in [1.82, 2.24) is 4.98 Å². The van der Waals surface area contributed by atoms with Gasteiger partial charge in [0.1, 0.15) is 5.82 Å². The highest BCUT2D eigenvalue weighted by molar-refractivity contribution is 9.10. The molecule has 0 aliphatic heterocycles. The summed E-state index contributed by atoms with van der Waals surface area (Å²) in [6.07, 6.45) is 1.76. The quantitative estimate of drug-likeness (QED) is 0.874. The number of halogens is 2. The first-order valence-electron chi connectivity index (χ1n) is 5.43. The highest BCUT2D eigenvalue weighted by Crippen LogP contribution is 2.26. The van der Waals surface area contributed by atoms with Gasteiger partial charge in [-0.25, -0.2) is 4.98 Å². The molecular formula is C13H13BrClN3. The van der Waals surface area contributed by atoms with Crippen molar-refractivity contribution in [1.29, 1.82) is 0 Å². The van der Waals surface area contributed by atoms with Gasteiger partial charge >= 0.3 is 0 Å². The number of rotatable bonds is 3. The summed E-state index contributed by atoms with van der Waals surface area (Å²) in [5.74, 6) is 0.871. The summed E-state index contributed by atoms with van der Waals surface area (Å²) >= 11 is 9.63. The van der Waals surface area contributed by atoms with Crippen molar-refractivity contribution >= 4 is 39.0 Å². The highest BCUT2D eigenvalue weighted by atomic mass is 79.9. The van der Waals surface area contributed by atoms with E-state index in [1.807, 2.05) is 36.2 Å². The first kappa shape index (κ1) is 13.2. The summed E-state index contributed by atoms with van der Waals surface area (Å²) in [5.41, 5.74) is 7.46. The zero-order chi connectivity index (χ0) is 13.1. The van der Waals surface area contributed by atoms with E-state index >= 15 is 0 Å². The third-order valence-corrected chi connectivity index (χ3v) is 3.57. The Balaban J connectivity index is 2.24. The van der Waals surface area contributed by atoms with Gasteiger partial charge in [-0.1, -0.05) is 11.6 Å². The smallest absolute Gasteiger partial charge is 0.142 e. The van der Waals surface area contributed by atoms with Gasteiger partial charge < -0.3 is 10.6 Å². The van der Waals surface area contributed by atoms with E-state index in [0.717, 1.165) is 15.9 Å². The Kier molecular flexibility index (Phi) is 4.09. The fourth-order valence-electron chi connectivity index (χ4n) is 1.70. The lowest BCUT2D eigenvalue weighted by Crippen LogP contribution is -2.18. The maximum atomic E-state index is 6.15. The van der Waals surface area contributed by atoms with E-state index in [2.05, 4.69) is 20.9 Å². The molecule has 2 rings (SSSR count). The van der Waals surface area contributed by atoms with E-state index in [1.54, 1.807) is 12.3 Å². The largest absolute Gasteiger partial charge is 0.399 e. The van der Waals surface area contributed by atoms with Crippen LogP contribution in [0.2, 0.25) is 5.02 Å². The van der Waals surface area contributed by atoms with Gasteiger partial charge in [-0.05, 0) is 51.8 Å². The molecule has 0 spiro atoms. The first-order chi connectivity index (χ1) is 8.58. The molecule has 0 atom stereocenters. The molecule has 0 bridgehead atoms. The third-order valence-electron chi connectivity index (χ3n) is 2.58. The van der Waals surface area contributed by atoms with Crippen molar-refractivity contribution in [2.24, 2.45) is 0 Å². The number of hydrogen-bond donors (Lipinski definition) is 1. The Morgan fingerprint density at radius 2 is 2.17 bits per heavy atom. The molecule has 2 aromatic rings. The number of anilines is 2. The second kappa shape index (κ2) is 5.59. The van der Waals surface area contributed by atoms with E-state index < -0.39 is 0 Å². The Labute approximate surface area is 120 Å². The van der Waals surface area contributed by atoms with Crippen LogP contribution in [0.15, 0.2) is 41.0 Å². The fourth-order valence-corrected chi connectivity index (χ4v) is 2.44. The van der Waals surface area contributed by atoms with Gasteiger partial charge in [-0.2, -0.15) is 0 Å². The van der Waals surface area contributed by atoms with Crippen molar-refractivity contribution in [3.63, 3.8) is 0 Å². The minimum atomic E-state index is 0.652. The van der Waals surface area contributed by atoms with Crippen LogP contribution in [0.1, 0.15) is 5.56 Å². The van der Waals surface area contributed by atoms with Gasteiger partial charge in [0.15, 0.2) is 0 Å². The minimum Gasteiger partial charge on any atom is -0.399 e. The second-order valence-corrected chi connectivity index (χ2v) is 5.28. The number of nitrogen functional groups attached to an aromatic ring is 1. The predicted molar refractivity (Wildman–Crippen MR) is 79.9 cm³/mol. The van der Waals surface area contributed by atoms with Crippen molar-refractivity contribution in [3.05, 3.63) is 51.6 Å². The van der Waals surface area contributed by atoms with Gasteiger partial charge in [-0.3, -0.25) is 0 Å². The molecule has 0 saturated heterocycles. The van der Waals surface area contributed by atoms with Crippen LogP contribution in [-0.2, 0) is 6.54 Å². The molecule has 2 N–H and O–H groups in total. The minimum absolute atomic E-state index is 0.652. The number of aromatic nitrogens is 1. The van der Waals surface area contributed by atoms with Gasteiger partial charge in [-0.15, -0.1) is 0 Å². The standard InChI is InChI=1S/C13H13BrClN3/c1-18(13-11(14)3-2-6-17-13)8-9-7-10(16)4-5-12(9)15/h2-7H,8,16H2,1H3. The van der Waals surface area contributed by atoms with Crippen molar-refractivity contribution in [2.75, 3.05) is 17.7 Å². The Hall–Kier alpha value is -1.26. The summed E-state index contributed by atoms with van der Waals surface area (Å²) in [5, 5.41) is 0.711. The number of nitrogens with two attached hydrogens (primary N) is 1. The van der Waals surface area contributed by atoms with Gasteiger partial charge in [0, 0.05) is 30.5 Å². The summed E-state index contributed by atoms with van der Waals surface area (Å²) in [6, 6.07) is 9.33. The lowest BCUT2D eigenvalue weighted by Gasteiger charge is -2.20. The van der Waals surface area contributed by atoms with Crippen molar-refractivity contribution in [3.8, 4) is 0 Å². The third kappa shape index (κ3) is 2.94. The summed E-state index contributed by atoms with van der Waals surface area (Å²) in [6.45, 7) is 0.652. The van der Waals surface area contributed by atoms with Crippen LogP contribution in [0.4, 0.5) is 11.5 Å². The van der Waals surface area contributed by atoms with Crippen LogP contribution in [0.5, 0.6) is 0 Å². The van der Waals surface area contributed by atoms with Gasteiger partial charge in [0.25, 0.3) is 0 Å². The molecular weight excluding hydrogens is 314 g/mol. The second-order valence-electron chi connectivity index (χ2n) is 4.02. The Morgan fingerprint density at radius 1 is 1.39 bits per heavy atom. The van der Waals surface area contributed by atoms with Crippen LogP contribution >= 0.6 is 27.5 Å². The molecule has 0 amide bonds. The van der Waals surface area contributed by atoms with Crippen LogP contribution in [0.25, 0.3) is 0 Å². The molecule has 94 valence electrons. The molecule has 1 aromatic carbocycles. The molecule has 1 heterocycles. The molecule has 0 aliphatic rings. The Bertz CT molecular complexity index is 560. The normalized spacial score (nSPS) is 10.4.